The molecule has 22 heavy (non-hydrogen) atoms. The minimum Gasteiger partial charge on any atom is -0.450 e. The van der Waals surface area contributed by atoms with Crippen LogP contribution < -0.4 is 10.2 Å². The number of nitrogens with one attached hydrogen (secondary N) is 2. The summed E-state index contributed by atoms with van der Waals surface area (Å²) in [6.45, 7) is 2.13. The number of alkyl carbamates (subject to hydrolysis) is 1. The molecule has 0 heterocycles. The number of amides is 2. The Labute approximate surface area is 126 Å². The number of hydrogen-bond donors (Lipinski definition) is 2. The topological polar surface area (TPSA) is 59.8 Å². The fourth-order valence-corrected chi connectivity index (χ4v) is 1.82. The molecule has 0 aliphatic rings. The van der Waals surface area contributed by atoms with Gasteiger partial charge in [-0.1, -0.05) is 12.1 Å². The molecule has 1 rings (SSSR count). The summed E-state index contributed by atoms with van der Waals surface area (Å²) in [5.74, 6) is -0.511. The third kappa shape index (κ3) is 6.13. The summed E-state index contributed by atoms with van der Waals surface area (Å²) in [7, 11) is 1.70. The number of carbonyl (C=O) groups is 2. The fourth-order valence-electron chi connectivity index (χ4n) is 1.82. The number of hydrogen-bond acceptors (Lipinski definition) is 3. The van der Waals surface area contributed by atoms with Gasteiger partial charge in [-0.05, 0) is 19.1 Å². The molecule has 0 radical (unpaired) electrons. The van der Waals surface area contributed by atoms with Gasteiger partial charge in [0.1, 0.15) is 6.54 Å². The van der Waals surface area contributed by atoms with Crippen molar-refractivity contribution in [2.24, 2.45) is 0 Å². The number of rotatable bonds is 5. The van der Waals surface area contributed by atoms with E-state index in [1.807, 2.05) is 0 Å². The zero-order valence-corrected chi connectivity index (χ0v) is 12.3. The van der Waals surface area contributed by atoms with Crippen molar-refractivity contribution in [2.75, 3.05) is 20.2 Å². The number of alkyl halides is 3. The van der Waals surface area contributed by atoms with E-state index in [0.29, 0.717) is 12.1 Å². The van der Waals surface area contributed by atoms with E-state index in [2.05, 4.69) is 10.1 Å². The second kappa shape index (κ2) is 7.79. The molecule has 1 aromatic rings. The van der Waals surface area contributed by atoms with E-state index in [-0.39, 0.29) is 13.2 Å². The van der Waals surface area contributed by atoms with Gasteiger partial charge in [0.2, 0.25) is 0 Å². The van der Waals surface area contributed by atoms with Crippen LogP contribution in [0.2, 0.25) is 0 Å². The normalized spacial score (nSPS) is 12.6. The van der Waals surface area contributed by atoms with Crippen molar-refractivity contribution in [3.05, 3.63) is 35.4 Å². The first kappa shape index (κ1) is 18.0. The predicted octanol–water partition coefficient (Wildman–Crippen LogP) is 0.993. The van der Waals surface area contributed by atoms with E-state index in [1.165, 1.54) is 12.1 Å². The van der Waals surface area contributed by atoms with E-state index in [0.717, 1.165) is 17.0 Å². The van der Waals surface area contributed by atoms with Gasteiger partial charge in [0.15, 0.2) is 6.54 Å². The molecule has 2 amide bonds. The second-order valence-corrected chi connectivity index (χ2v) is 4.77. The summed E-state index contributed by atoms with van der Waals surface area (Å²) in [6, 6.07) is 4.74. The Morgan fingerprint density at radius 3 is 2.32 bits per heavy atom. The molecule has 1 atom stereocenters. The number of likely N-dealkylation sites (N-methyl/N-ethyl adjacent to an activating group) is 1. The Hall–Kier alpha value is -2.09. The molecule has 0 spiro atoms. The van der Waals surface area contributed by atoms with Gasteiger partial charge in [0.25, 0.3) is 5.91 Å². The van der Waals surface area contributed by atoms with Crippen molar-refractivity contribution in [3.8, 4) is 0 Å². The van der Waals surface area contributed by atoms with Gasteiger partial charge in [-0.3, -0.25) is 10.1 Å². The van der Waals surface area contributed by atoms with Crippen molar-refractivity contribution in [1.29, 1.82) is 0 Å². The SMILES string of the molecule is CCOC(=O)NC(=O)C[NH+](C)Cc1ccc(C(F)(F)F)cc1. The highest BCUT2D eigenvalue weighted by atomic mass is 19.4. The third-order valence-corrected chi connectivity index (χ3v) is 2.77. The van der Waals surface area contributed by atoms with Gasteiger partial charge in [-0.25, -0.2) is 4.79 Å². The smallest absolute Gasteiger partial charge is 0.416 e. The van der Waals surface area contributed by atoms with Gasteiger partial charge < -0.3 is 9.64 Å². The monoisotopic (exact) mass is 319 g/mol. The largest absolute Gasteiger partial charge is 0.450 e. The molecule has 122 valence electrons. The quantitative estimate of drug-likeness (QED) is 0.851. The van der Waals surface area contributed by atoms with Gasteiger partial charge >= 0.3 is 12.3 Å². The molecule has 0 bridgehead atoms. The highest BCUT2D eigenvalue weighted by molar-refractivity contribution is 5.92. The van der Waals surface area contributed by atoms with E-state index in [1.54, 1.807) is 14.0 Å². The average Bonchev–Trinajstić information content (AvgIpc) is 2.37. The zero-order valence-electron chi connectivity index (χ0n) is 12.3. The minimum absolute atomic E-state index is 0.000162. The number of benzene rings is 1. The first-order valence-corrected chi connectivity index (χ1v) is 6.66. The summed E-state index contributed by atoms with van der Waals surface area (Å²) >= 11 is 0. The van der Waals surface area contributed by atoms with Gasteiger partial charge in [0.05, 0.1) is 19.2 Å². The molecule has 1 aromatic carbocycles. The number of carbonyl (C=O) groups excluding carboxylic acids is 2. The lowest BCUT2D eigenvalue weighted by Gasteiger charge is -2.14. The lowest BCUT2D eigenvalue weighted by molar-refractivity contribution is -0.885. The molecular weight excluding hydrogens is 301 g/mol. The second-order valence-electron chi connectivity index (χ2n) is 4.77. The Balaban J connectivity index is 2.49. The molecule has 0 fully saturated rings. The van der Waals surface area contributed by atoms with Crippen LogP contribution in [0.25, 0.3) is 0 Å². The minimum atomic E-state index is -4.36. The third-order valence-electron chi connectivity index (χ3n) is 2.77. The predicted molar refractivity (Wildman–Crippen MR) is 72.1 cm³/mol. The van der Waals surface area contributed by atoms with Crippen LogP contribution in [0.15, 0.2) is 24.3 Å². The van der Waals surface area contributed by atoms with Crippen LogP contribution >= 0.6 is 0 Å². The molecular formula is C14H18F3N2O3+. The van der Waals surface area contributed by atoms with Crippen molar-refractivity contribution in [2.45, 2.75) is 19.6 Å². The molecule has 8 heteroatoms. The highest BCUT2D eigenvalue weighted by Crippen LogP contribution is 2.28. The van der Waals surface area contributed by atoms with Crippen LogP contribution in [0.1, 0.15) is 18.1 Å². The van der Waals surface area contributed by atoms with E-state index >= 15 is 0 Å². The standard InChI is InChI=1S/C14H17F3N2O3/c1-3-22-13(21)18-12(20)9-19(2)8-10-4-6-11(7-5-10)14(15,16)17/h4-7H,3,8-9H2,1-2H3,(H,18,20,21)/p+1. The maximum Gasteiger partial charge on any atom is 0.416 e. The summed E-state index contributed by atoms with van der Waals surface area (Å²) in [4.78, 5) is 23.3. The first-order valence-electron chi connectivity index (χ1n) is 6.66. The Morgan fingerprint density at radius 2 is 1.82 bits per heavy atom. The maximum absolute atomic E-state index is 12.4. The Morgan fingerprint density at radius 1 is 1.23 bits per heavy atom. The summed E-state index contributed by atoms with van der Waals surface area (Å²) in [5.41, 5.74) is -0.0524. The van der Waals surface area contributed by atoms with Crippen LogP contribution in [-0.2, 0) is 22.3 Å². The van der Waals surface area contributed by atoms with Gasteiger partial charge in [-0.2, -0.15) is 13.2 Å². The number of imide groups is 1. The molecule has 0 saturated heterocycles. The van der Waals surface area contributed by atoms with Crippen molar-refractivity contribution < 1.29 is 32.4 Å². The molecule has 0 aliphatic heterocycles. The van der Waals surface area contributed by atoms with E-state index < -0.39 is 23.7 Å². The van der Waals surface area contributed by atoms with Gasteiger partial charge in [0, 0.05) is 5.56 Å². The number of ether oxygens (including phenoxy) is 1. The molecule has 5 nitrogen and oxygen atoms in total. The van der Waals surface area contributed by atoms with Crippen molar-refractivity contribution in [1.82, 2.24) is 5.32 Å². The molecule has 0 aliphatic carbocycles. The maximum atomic E-state index is 12.4. The fraction of sp³-hybridized carbons (Fsp3) is 0.429. The van der Waals surface area contributed by atoms with E-state index in [9.17, 15) is 22.8 Å². The Bertz CT molecular complexity index is 515. The van der Waals surface area contributed by atoms with Crippen LogP contribution in [0.3, 0.4) is 0 Å². The van der Waals surface area contributed by atoms with Crippen LogP contribution in [0.5, 0.6) is 0 Å². The molecule has 0 saturated carbocycles. The van der Waals surface area contributed by atoms with Crippen LogP contribution in [0, 0.1) is 0 Å². The summed E-state index contributed by atoms with van der Waals surface area (Å²) < 4.78 is 41.9. The van der Waals surface area contributed by atoms with E-state index in [4.69, 9.17) is 0 Å². The van der Waals surface area contributed by atoms with Crippen LogP contribution in [-0.4, -0.2) is 32.2 Å². The highest BCUT2D eigenvalue weighted by Gasteiger charge is 2.30. The lowest BCUT2D eigenvalue weighted by Crippen LogP contribution is -3.08. The van der Waals surface area contributed by atoms with Crippen LogP contribution in [0.4, 0.5) is 18.0 Å². The number of quaternary nitrogens is 1. The average molecular weight is 319 g/mol. The molecule has 0 aromatic heterocycles. The number of halogens is 3. The summed E-state index contributed by atoms with van der Waals surface area (Å²) in [5, 5.41) is 2.06. The van der Waals surface area contributed by atoms with Crippen molar-refractivity contribution >= 4 is 12.0 Å². The van der Waals surface area contributed by atoms with Gasteiger partial charge in [-0.15, -0.1) is 0 Å². The first-order chi connectivity index (χ1) is 10.2. The molecule has 2 N–H and O–H groups in total. The van der Waals surface area contributed by atoms with Crippen molar-refractivity contribution in [3.63, 3.8) is 0 Å². The lowest BCUT2D eigenvalue weighted by atomic mass is 10.1. The Kier molecular flexibility index (Phi) is 6.36. The summed E-state index contributed by atoms with van der Waals surface area (Å²) in [6.07, 6.45) is -5.17. The molecule has 1 unspecified atom stereocenters. The zero-order chi connectivity index (χ0) is 16.8.